The third-order valence-electron chi connectivity index (χ3n) is 1.78. The fourth-order valence-electron chi connectivity index (χ4n) is 0.830. The van der Waals surface area contributed by atoms with E-state index >= 15 is 0 Å². The lowest BCUT2D eigenvalue weighted by Crippen LogP contribution is -2.20. The Morgan fingerprint density at radius 2 is 1.82 bits per heavy atom. The summed E-state index contributed by atoms with van der Waals surface area (Å²) in [5, 5.41) is 0. The van der Waals surface area contributed by atoms with Crippen molar-refractivity contribution in [1.82, 2.24) is 0 Å². The zero-order valence-corrected chi connectivity index (χ0v) is 7.86. The lowest BCUT2D eigenvalue weighted by Gasteiger charge is -2.25. The van der Waals surface area contributed by atoms with Crippen LogP contribution >= 0.6 is 23.2 Å². The maximum atomic E-state index is 5.78. The molecular weight excluding hydrogens is 179 g/mol. The van der Waals surface area contributed by atoms with Gasteiger partial charge in [0.1, 0.15) is 4.84 Å². The molecule has 11 heavy (non-hydrogen) atoms. The third kappa shape index (κ3) is 1.88. The normalized spacial score (nSPS) is 21.3. The van der Waals surface area contributed by atoms with E-state index in [1.54, 1.807) is 0 Å². The Labute approximate surface area is 77.2 Å². The van der Waals surface area contributed by atoms with E-state index in [9.17, 15) is 0 Å². The van der Waals surface area contributed by atoms with Crippen LogP contribution in [0.5, 0.6) is 0 Å². The van der Waals surface area contributed by atoms with Gasteiger partial charge < -0.3 is 0 Å². The van der Waals surface area contributed by atoms with Crippen molar-refractivity contribution in [3.63, 3.8) is 0 Å². The number of rotatable bonds is 1. The van der Waals surface area contributed by atoms with E-state index in [-0.39, 0.29) is 5.41 Å². The minimum atomic E-state index is -0.400. The molecule has 0 nitrogen and oxygen atoms in total. The van der Waals surface area contributed by atoms with Crippen molar-refractivity contribution in [2.24, 2.45) is 5.41 Å². The van der Waals surface area contributed by atoms with E-state index in [1.807, 2.05) is 31.2 Å². The van der Waals surface area contributed by atoms with E-state index in [0.717, 1.165) is 5.57 Å². The fraction of sp³-hybridized carbons (Fsp3) is 0.333. The number of hydrogen-bond donors (Lipinski definition) is 0. The summed E-state index contributed by atoms with van der Waals surface area (Å²) in [5.74, 6) is 0. The van der Waals surface area contributed by atoms with Gasteiger partial charge >= 0.3 is 0 Å². The van der Waals surface area contributed by atoms with Gasteiger partial charge in [-0.3, -0.25) is 0 Å². The van der Waals surface area contributed by atoms with Crippen LogP contribution in [0.4, 0.5) is 0 Å². The zero-order chi connectivity index (χ0) is 8.48. The summed E-state index contributed by atoms with van der Waals surface area (Å²) in [6.07, 6.45) is 7.80. The molecule has 0 saturated carbocycles. The lowest BCUT2D eigenvalue weighted by atomic mass is 9.87. The molecule has 0 fully saturated rings. The van der Waals surface area contributed by atoms with Gasteiger partial charge in [-0.1, -0.05) is 30.9 Å². The highest BCUT2D eigenvalue weighted by molar-refractivity contribution is 6.45. The van der Waals surface area contributed by atoms with E-state index in [2.05, 4.69) is 6.58 Å². The second-order valence-electron chi connectivity index (χ2n) is 2.91. The number of allylic oxidation sites excluding steroid dienone is 5. The highest BCUT2D eigenvalue weighted by Gasteiger charge is 2.26. The highest BCUT2D eigenvalue weighted by Crippen LogP contribution is 2.35. The van der Waals surface area contributed by atoms with Crippen molar-refractivity contribution in [3.05, 3.63) is 36.5 Å². The second kappa shape index (κ2) is 3.04. The number of hydrogen-bond acceptors (Lipinski definition) is 0. The Balaban J connectivity index is 2.85. The summed E-state index contributed by atoms with van der Waals surface area (Å²) in [6.45, 7) is 5.76. The predicted molar refractivity (Wildman–Crippen MR) is 51.0 cm³/mol. The van der Waals surface area contributed by atoms with Gasteiger partial charge in [0, 0.05) is 5.41 Å². The van der Waals surface area contributed by atoms with Crippen LogP contribution < -0.4 is 0 Å². The molecular formula is C9H10Cl2. The molecule has 0 aromatic carbocycles. The minimum Gasteiger partial charge on any atom is -0.104 e. The van der Waals surface area contributed by atoms with Gasteiger partial charge in [0.2, 0.25) is 0 Å². The SMILES string of the molecule is C=C1C=CC(C)(C(Cl)Cl)C=C1. The second-order valence-corrected chi connectivity index (χ2v) is 4.00. The minimum absolute atomic E-state index is 0.232. The van der Waals surface area contributed by atoms with Gasteiger partial charge in [-0.15, -0.1) is 23.2 Å². The third-order valence-corrected chi connectivity index (χ3v) is 2.72. The monoisotopic (exact) mass is 188 g/mol. The van der Waals surface area contributed by atoms with E-state index in [4.69, 9.17) is 23.2 Å². The van der Waals surface area contributed by atoms with Crippen molar-refractivity contribution in [3.8, 4) is 0 Å². The maximum absolute atomic E-state index is 5.78. The number of alkyl halides is 2. The van der Waals surface area contributed by atoms with E-state index < -0.39 is 4.84 Å². The van der Waals surface area contributed by atoms with Crippen LogP contribution in [0.3, 0.4) is 0 Å². The average Bonchev–Trinajstić information content (AvgIpc) is 1.95. The highest BCUT2D eigenvalue weighted by atomic mass is 35.5. The van der Waals surface area contributed by atoms with Gasteiger partial charge in [0.25, 0.3) is 0 Å². The van der Waals surface area contributed by atoms with Gasteiger partial charge in [0.15, 0.2) is 0 Å². The summed E-state index contributed by atoms with van der Waals surface area (Å²) in [7, 11) is 0. The molecule has 1 aliphatic carbocycles. The molecule has 0 atom stereocenters. The predicted octanol–water partition coefficient (Wildman–Crippen LogP) is 3.48. The Morgan fingerprint density at radius 3 is 2.18 bits per heavy atom. The first-order valence-electron chi connectivity index (χ1n) is 3.40. The van der Waals surface area contributed by atoms with Crippen molar-refractivity contribution in [2.75, 3.05) is 0 Å². The molecule has 2 heteroatoms. The summed E-state index contributed by atoms with van der Waals surface area (Å²) in [6, 6.07) is 0. The summed E-state index contributed by atoms with van der Waals surface area (Å²) in [5.41, 5.74) is 0.751. The topological polar surface area (TPSA) is 0 Å². The van der Waals surface area contributed by atoms with E-state index in [0.29, 0.717) is 0 Å². The molecule has 0 amide bonds. The Kier molecular flexibility index (Phi) is 2.46. The first kappa shape index (κ1) is 8.89. The molecule has 0 saturated heterocycles. The summed E-state index contributed by atoms with van der Waals surface area (Å²) < 4.78 is 0. The lowest BCUT2D eigenvalue weighted by molar-refractivity contribution is 0.597. The molecule has 0 unspecified atom stereocenters. The summed E-state index contributed by atoms with van der Waals surface area (Å²) >= 11 is 11.6. The molecule has 0 aromatic heterocycles. The first-order valence-corrected chi connectivity index (χ1v) is 4.27. The largest absolute Gasteiger partial charge is 0.120 e. The Morgan fingerprint density at radius 1 is 1.36 bits per heavy atom. The summed E-state index contributed by atoms with van der Waals surface area (Å²) in [4.78, 5) is -0.400. The molecule has 1 rings (SSSR count). The zero-order valence-electron chi connectivity index (χ0n) is 6.35. The Bertz CT molecular complexity index is 208. The molecule has 0 aliphatic heterocycles. The van der Waals surface area contributed by atoms with Crippen LogP contribution in [0.25, 0.3) is 0 Å². The van der Waals surface area contributed by atoms with Crippen LogP contribution in [0.15, 0.2) is 36.5 Å². The molecule has 1 aliphatic rings. The molecule has 60 valence electrons. The van der Waals surface area contributed by atoms with Gasteiger partial charge in [0.05, 0.1) is 0 Å². The Hall–Kier alpha value is -0.200. The van der Waals surface area contributed by atoms with E-state index in [1.165, 1.54) is 0 Å². The average molecular weight is 189 g/mol. The first-order chi connectivity index (χ1) is 5.04. The van der Waals surface area contributed by atoms with Crippen molar-refractivity contribution >= 4 is 23.2 Å². The van der Waals surface area contributed by atoms with Crippen molar-refractivity contribution in [2.45, 2.75) is 11.8 Å². The molecule has 0 N–H and O–H groups in total. The van der Waals surface area contributed by atoms with Crippen LogP contribution in [0.1, 0.15) is 6.92 Å². The van der Waals surface area contributed by atoms with Crippen LogP contribution in [0, 0.1) is 5.41 Å². The standard InChI is InChI=1S/C9H10Cl2/c1-7-3-5-9(2,6-4-7)8(10)11/h3-6,8H,1H2,2H3. The molecule has 0 radical (unpaired) electrons. The quantitative estimate of drug-likeness (QED) is 0.554. The fourth-order valence-corrected chi connectivity index (χ4v) is 1.12. The molecule has 0 aromatic rings. The van der Waals surface area contributed by atoms with Gasteiger partial charge in [-0.05, 0) is 12.5 Å². The van der Waals surface area contributed by atoms with Crippen LogP contribution in [-0.2, 0) is 0 Å². The van der Waals surface area contributed by atoms with Gasteiger partial charge in [-0.2, -0.15) is 0 Å². The van der Waals surface area contributed by atoms with Crippen molar-refractivity contribution in [1.29, 1.82) is 0 Å². The number of halogens is 2. The van der Waals surface area contributed by atoms with Crippen LogP contribution in [-0.4, -0.2) is 4.84 Å². The molecule has 0 spiro atoms. The molecule has 0 bridgehead atoms. The van der Waals surface area contributed by atoms with Crippen molar-refractivity contribution < 1.29 is 0 Å². The van der Waals surface area contributed by atoms with Gasteiger partial charge in [-0.25, -0.2) is 0 Å². The maximum Gasteiger partial charge on any atom is 0.120 e. The smallest absolute Gasteiger partial charge is 0.104 e. The molecule has 0 heterocycles. The van der Waals surface area contributed by atoms with Crippen LogP contribution in [0.2, 0.25) is 0 Å².